The molecule has 4 nitrogen and oxygen atoms in total. The van der Waals surface area contributed by atoms with Crippen LogP contribution >= 0.6 is 23.4 Å². The number of nitrogens with zero attached hydrogens (tertiary/aromatic N) is 1. The molecule has 0 unspecified atom stereocenters. The Labute approximate surface area is 142 Å². The third-order valence-corrected chi connectivity index (χ3v) is 4.33. The SMILES string of the molecule is O=Cc1ccc(/C=C2/SC(=Nc3ccccc3Cl)NC2=O)cc1. The molecule has 1 heterocycles. The fourth-order valence-corrected chi connectivity index (χ4v) is 2.97. The number of carbonyl (C=O) groups excluding carboxylic acids is 2. The molecule has 2 aromatic rings. The molecular formula is C17H11ClN2O2S. The molecule has 1 saturated heterocycles. The number of halogens is 1. The van der Waals surface area contributed by atoms with Crippen LogP contribution in [0.1, 0.15) is 15.9 Å². The van der Waals surface area contributed by atoms with Gasteiger partial charge >= 0.3 is 0 Å². The fourth-order valence-electron chi connectivity index (χ4n) is 1.95. The van der Waals surface area contributed by atoms with E-state index in [-0.39, 0.29) is 5.91 Å². The molecule has 0 spiro atoms. The van der Waals surface area contributed by atoms with E-state index in [9.17, 15) is 9.59 Å². The van der Waals surface area contributed by atoms with Crippen molar-refractivity contribution in [3.63, 3.8) is 0 Å². The molecule has 0 radical (unpaired) electrons. The van der Waals surface area contributed by atoms with E-state index in [0.29, 0.717) is 26.3 Å². The number of hydrogen-bond donors (Lipinski definition) is 1. The Balaban J connectivity index is 1.83. The van der Waals surface area contributed by atoms with E-state index < -0.39 is 0 Å². The first-order valence-electron chi connectivity index (χ1n) is 6.75. The van der Waals surface area contributed by atoms with E-state index in [1.165, 1.54) is 11.8 Å². The van der Waals surface area contributed by atoms with Crippen molar-refractivity contribution in [1.29, 1.82) is 0 Å². The van der Waals surface area contributed by atoms with Gasteiger partial charge in [-0.25, -0.2) is 4.99 Å². The molecule has 6 heteroatoms. The number of nitrogens with one attached hydrogen (secondary N) is 1. The number of thioether (sulfide) groups is 1. The molecule has 0 atom stereocenters. The van der Waals surface area contributed by atoms with E-state index in [4.69, 9.17) is 11.6 Å². The maximum atomic E-state index is 12.0. The molecular weight excluding hydrogens is 332 g/mol. The minimum absolute atomic E-state index is 0.208. The second-order valence-electron chi connectivity index (χ2n) is 4.72. The molecule has 2 aromatic carbocycles. The van der Waals surface area contributed by atoms with Gasteiger partial charge in [0.05, 0.1) is 15.6 Å². The van der Waals surface area contributed by atoms with Crippen LogP contribution in [0.15, 0.2) is 58.4 Å². The molecule has 0 bridgehead atoms. The average Bonchev–Trinajstić information content (AvgIpc) is 2.90. The summed E-state index contributed by atoms with van der Waals surface area (Å²) in [6, 6.07) is 14.2. The Morgan fingerprint density at radius 2 is 1.74 bits per heavy atom. The van der Waals surface area contributed by atoms with E-state index in [0.717, 1.165) is 11.8 Å². The standard InChI is InChI=1S/C17H11ClN2O2S/c18-13-3-1-2-4-14(13)19-17-20-16(22)15(23-17)9-11-5-7-12(10-21)8-6-11/h1-10H,(H,19,20,22)/b15-9+. The van der Waals surface area contributed by atoms with Crippen molar-refractivity contribution in [3.05, 3.63) is 69.6 Å². The van der Waals surface area contributed by atoms with Crippen LogP contribution in [0, 0.1) is 0 Å². The van der Waals surface area contributed by atoms with Crippen LogP contribution in [0.2, 0.25) is 5.02 Å². The highest BCUT2D eigenvalue weighted by molar-refractivity contribution is 8.18. The minimum atomic E-state index is -0.208. The molecule has 0 saturated carbocycles. The van der Waals surface area contributed by atoms with Gasteiger partial charge in [-0.15, -0.1) is 0 Å². The minimum Gasteiger partial charge on any atom is -0.300 e. The quantitative estimate of drug-likeness (QED) is 0.676. The van der Waals surface area contributed by atoms with Crippen LogP contribution in [-0.2, 0) is 4.79 Å². The van der Waals surface area contributed by atoms with Crippen LogP contribution < -0.4 is 5.32 Å². The van der Waals surface area contributed by atoms with Crippen molar-refractivity contribution in [1.82, 2.24) is 5.32 Å². The number of rotatable bonds is 3. The first-order chi connectivity index (χ1) is 11.2. The molecule has 23 heavy (non-hydrogen) atoms. The summed E-state index contributed by atoms with van der Waals surface area (Å²) in [7, 11) is 0. The molecule has 1 amide bonds. The summed E-state index contributed by atoms with van der Waals surface area (Å²) in [6.45, 7) is 0. The lowest BCUT2D eigenvalue weighted by molar-refractivity contribution is -0.115. The van der Waals surface area contributed by atoms with E-state index in [1.807, 2.05) is 12.1 Å². The topological polar surface area (TPSA) is 58.5 Å². The van der Waals surface area contributed by atoms with Gasteiger partial charge in [0.1, 0.15) is 6.29 Å². The zero-order valence-electron chi connectivity index (χ0n) is 11.8. The first-order valence-corrected chi connectivity index (χ1v) is 7.94. The number of amidine groups is 1. The maximum absolute atomic E-state index is 12.0. The zero-order valence-corrected chi connectivity index (χ0v) is 13.4. The Hall–Kier alpha value is -2.37. The van der Waals surface area contributed by atoms with Gasteiger partial charge in [0.25, 0.3) is 5.91 Å². The van der Waals surface area contributed by atoms with Crippen molar-refractivity contribution >= 4 is 52.5 Å². The lowest BCUT2D eigenvalue weighted by Crippen LogP contribution is -2.19. The summed E-state index contributed by atoms with van der Waals surface area (Å²) < 4.78 is 0. The largest absolute Gasteiger partial charge is 0.300 e. The third-order valence-electron chi connectivity index (χ3n) is 3.10. The van der Waals surface area contributed by atoms with Crippen LogP contribution in [-0.4, -0.2) is 17.4 Å². The number of amides is 1. The second kappa shape index (κ2) is 6.81. The first kappa shape index (κ1) is 15.5. The highest BCUT2D eigenvalue weighted by atomic mass is 35.5. The predicted molar refractivity (Wildman–Crippen MR) is 94.1 cm³/mol. The molecule has 3 rings (SSSR count). The van der Waals surface area contributed by atoms with Gasteiger partial charge < -0.3 is 5.32 Å². The lowest BCUT2D eigenvalue weighted by Gasteiger charge is -1.98. The molecule has 1 fully saturated rings. The monoisotopic (exact) mass is 342 g/mol. The molecule has 114 valence electrons. The van der Waals surface area contributed by atoms with Crippen molar-refractivity contribution in [3.8, 4) is 0 Å². The van der Waals surface area contributed by atoms with Crippen molar-refractivity contribution < 1.29 is 9.59 Å². The lowest BCUT2D eigenvalue weighted by atomic mass is 10.1. The summed E-state index contributed by atoms with van der Waals surface area (Å²) in [6.07, 6.45) is 2.53. The molecule has 0 aliphatic carbocycles. The van der Waals surface area contributed by atoms with Crippen LogP contribution in [0.25, 0.3) is 6.08 Å². The third kappa shape index (κ3) is 3.70. The van der Waals surface area contributed by atoms with Gasteiger partial charge in [-0.05, 0) is 35.5 Å². The van der Waals surface area contributed by atoms with Gasteiger partial charge in [0.2, 0.25) is 0 Å². The highest BCUT2D eigenvalue weighted by Crippen LogP contribution is 2.30. The summed E-state index contributed by atoms with van der Waals surface area (Å²) in [5.41, 5.74) is 2.04. The zero-order chi connectivity index (χ0) is 16.2. The van der Waals surface area contributed by atoms with Crippen molar-refractivity contribution in [2.24, 2.45) is 4.99 Å². The summed E-state index contributed by atoms with van der Waals surface area (Å²) in [5, 5.41) is 3.72. The number of benzene rings is 2. The van der Waals surface area contributed by atoms with Gasteiger partial charge in [-0.2, -0.15) is 0 Å². The average molecular weight is 343 g/mol. The van der Waals surface area contributed by atoms with Crippen molar-refractivity contribution in [2.75, 3.05) is 0 Å². The molecule has 1 N–H and O–H groups in total. The summed E-state index contributed by atoms with van der Waals surface area (Å²) >= 11 is 7.31. The van der Waals surface area contributed by atoms with Crippen LogP contribution in [0.3, 0.4) is 0 Å². The van der Waals surface area contributed by atoms with Crippen LogP contribution in [0.5, 0.6) is 0 Å². The van der Waals surface area contributed by atoms with E-state index >= 15 is 0 Å². The number of aldehydes is 1. The van der Waals surface area contributed by atoms with Crippen LogP contribution in [0.4, 0.5) is 5.69 Å². The molecule has 1 aliphatic rings. The van der Waals surface area contributed by atoms with Gasteiger partial charge in [-0.3, -0.25) is 9.59 Å². The van der Waals surface area contributed by atoms with Crippen molar-refractivity contribution in [2.45, 2.75) is 0 Å². The smallest absolute Gasteiger partial charge is 0.264 e. The number of aliphatic imine (C=N–C) groups is 1. The van der Waals surface area contributed by atoms with Gasteiger partial charge in [0.15, 0.2) is 5.17 Å². The number of carbonyl (C=O) groups is 2. The summed E-state index contributed by atoms with van der Waals surface area (Å²) in [5.74, 6) is -0.208. The Bertz CT molecular complexity index is 829. The molecule has 0 aromatic heterocycles. The highest BCUT2D eigenvalue weighted by Gasteiger charge is 2.23. The Kier molecular flexibility index (Phi) is 4.60. The normalized spacial score (nSPS) is 17.5. The van der Waals surface area contributed by atoms with E-state index in [1.54, 1.807) is 42.5 Å². The number of hydrogen-bond acceptors (Lipinski definition) is 4. The number of para-hydroxylation sites is 1. The van der Waals surface area contributed by atoms with Gasteiger partial charge in [-0.1, -0.05) is 48.0 Å². The second-order valence-corrected chi connectivity index (χ2v) is 6.16. The predicted octanol–water partition coefficient (Wildman–Crippen LogP) is 4.04. The molecule has 1 aliphatic heterocycles. The van der Waals surface area contributed by atoms with E-state index in [2.05, 4.69) is 10.3 Å². The Morgan fingerprint density at radius 1 is 1.04 bits per heavy atom. The van der Waals surface area contributed by atoms with Gasteiger partial charge in [0, 0.05) is 5.56 Å². The summed E-state index contributed by atoms with van der Waals surface area (Å²) in [4.78, 5) is 27.6. The maximum Gasteiger partial charge on any atom is 0.264 e. The Morgan fingerprint density at radius 3 is 2.43 bits per heavy atom. The fraction of sp³-hybridized carbons (Fsp3) is 0.